The molecule has 1 aromatic heterocycles. The fraction of sp³-hybridized carbons (Fsp3) is 0.789. The van der Waals surface area contributed by atoms with Crippen LogP contribution in [0.25, 0.3) is 0 Å². The van der Waals surface area contributed by atoms with Crippen LogP contribution in [0.2, 0.25) is 0 Å². The van der Waals surface area contributed by atoms with Crippen molar-refractivity contribution in [2.24, 2.45) is 0 Å². The molecule has 2 amide bonds. The van der Waals surface area contributed by atoms with Gasteiger partial charge in [0, 0.05) is 64.7 Å². The van der Waals surface area contributed by atoms with Crippen LogP contribution in [0.5, 0.6) is 0 Å². The van der Waals surface area contributed by atoms with E-state index in [1.165, 1.54) is 0 Å². The molecule has 9 nitrogen and oxygen atoms in total. The molecule has 1 aromatic rings. The van der Waals surface area contributed by atoms with Gasteiger partial charge in [-0.15, -0.1) is 0 Å². The summed E-state index contributed by atoms with van der Waals surface area (Å²) in [5, 5.41) is 6.87. The minimum atomic E-state index is -0.168. The SMILES string of the molecule is COCCCNC(=O)CN1CCN(C(=O)CCc2nc(C(C)(C)C)no2)CC1. The highest BCUT2D eigenvalue weighted by molar-refractivity contribution is 5.78. The summed E-state index contributed by atoms with van der Waals surface area (Å²) < 4.78 is 10.2. The van der Waals surface area contributed by atoms with Crippen LogP contribution in [-0.2, 0) is 26.2 Å². The van der Waals surface area contributed by atoms with Crippen LogP contribution in [0.4, 0.5) is 0 Å². The molecule has 1 aliphatic rings. The maximum absolute atomic E-state index is 12.4. The number of hydrogen-bond donors (Lipinski definition) is 1. The monoisotopic (exact) mass is 395 g/mol. The van der Waals surface area contributed by atoms with E-state index in [0.29, 0.717) is 70.4 Å². The largest absolute Gasteiger partial charge is 0.385 e. The smallest absolute Gasteiger partial charge is 0.234 e. The Morgan fingerprint density at radius 1 is 1.21 bits per heavy atom. The van der Waals surface area contributed by atoms with Crippen molar-refractivity contribution in [1.29, 1.82) is 0 Å². The zero-order valence-corrected chi connectivity index (χ0v) is 17.5. The third kappa shape index (κ3) is 7.20. The van der Waals surface area contributed by atoms with Crippen LogP contribution in [0.1, 0.15) is 45.3 Å². The van der Waals surface area contributed by atoms with Gasteiger partial charge in [0.25, 0.3) is 0 Å². The Balaban J connectivity index is 1.66. The first-order chi connectivity index (χ1) is 13.3. The second-order valence-corrected chi connectivity index (χ2v) is 8.11. The number of nitrogens with one attached hydrogen (secondary N) is 1. The van der Waals surface area contributed by atoms with Gasteiger partial charge in [0.15, 0.2) is 5.82 Å². The summed E-state index contributed by atoms with van der Waals surface area (Å²) in [5.41, 5.74) is -0.168. The van der Waals surface area contributed by atoms with Crippen molar-refractivity contribution in [1.82, 2.24) is 25.3 Å². The highest BCUT2D eigenvalue weighted by Gasteiger charge is 2.24. The van der Waals surface area contributed by atoms with Crippen molar-refractivity contribution in [3.63, 3.8) is 0 Å². The quantitative estimate of drug-likeness (QED) is 0.611. The Morgan fingerprint density at radius 3 is 2.54 bits per heavy atom. The maximum atomic E-state index is 12.4. The molecule has 9 heteroatoms. The van der Waals surface area contributed by atoms with Crippen molar-refractivity contribution in [3.8, 4) is 0 Å². The molecule has 0 atom stereocenters. The van der Waals surface area contributed by atoms with Crippen LogP contribution >= 0.6 is 0 Å². The lowest BCUT2D eigenvalue weighted by Crippen LogP contribution is -2.51. The normalized spacial score (nSPS) is 15.6. The molecule has 1 N–H and O–H groups in total. The van der Waals surface area contributed by atoms with E-state index >= 15 is 0 Å². The molecule has 2 heterocycles. The number of aryl methyl sites for hydroxylation is 1. The standard InChI is InChI=1S/C19H33N5O4/c1-19(2,3)18-21-16(28-22-18)6-7-17(26)24-11-9-23(10-12-24)14-15(25)20-8-5-13-27-4/h5-14H2,1-4H3,(H,20,25). The summed E-state index contributed by atoms with van der Waals surface area (Å²) in [6.45, 7) is 10.4. The van der Waals surface area contributed by atoms with E-state index in [2.05, 4.69) is 20.4 Å². The summed E-state index contributed by atoms with van der Waals surface area (Å²) >= 11 is 0. The number of ether oxygens (including phenoxy) is 1. The Hall–Kier alpha value is -2.00. The fourth-order valence-electron chi connectivity index (χ4n) is 2.89. The topological polar surface area (TPSA) is 101 Å². The van der Waals surface area contributed by atoms with Crippen LogP contribution in [-0.4, -0.2) is 84.7 Å². The van der Waals surface area contributed by atoms with Gasteiger partial charge in [-0.25, -0.2) is 0 Å². The van der Waals surface area contributed by atoms with Gasteiger partial charge in [0.1, 0.15) is 0 Å². The molecule has 0 aromatic carbocycles. The molecule has 1 saturated heterocycles. The average Bonchev–Trinajstić information content (AvgIpc) is 3.13. The Bertz CT molecular complexity index is 633. The van der Waals surface area contributed by atoms with E-state index in [-0.39, 0.29) is 17.2 Å². The molecule has 1 aliphatic heterocycles. The molecular weight excluding hydrogens is 362 g/mol. The Labute approximate surface area is 166 Å². The molecule has 0 saturated carbocycles. The first-order valence-electron chi connectivity index (χ1n) is 9.88. The maximum Gasteiger partial charge on any atom is 0.234 e. The van der Waals surface area contributed by atoms with Gasteiger partial charge >= 0.3 is 0 Å². The molecular formula is C19H33N5O4. The van der Waals surface area contributed by atoms with Crippen molar-refractivity contribution in [3.05, 3.63) is 11.7 Å². The van der Waals surface area contributed by atoms with Crippen LogP contribution in [0, 0.1) is 0 Å². The van der Waals surface area contributed by atoms with E-state index in [4.69, 9.17) is 9.26 Å². The zero-order chi connectivity index (χ0) is 20.6. The minimum absolute atomic E-state index is 0.0157. The second kappa shape index (κ2) is 10.5. The van der Waals surface area contributed by atoms with Crippen molar-refractivity contribution >= 4 is 11.8 Å². The number of piperazine rings is 1. The number of carbonyl (C=O) groups excluding carboxylic acids is 2. The molecule has 0 unspecified atom stereocenters. The van der Waals surface area contributed by atoms with Gasteiger partial charge in [-0.05, 0) is 6.42 Å². The predicted octanol–water partition coefficient (Wildman–Crippen LogP) is 0.597. The number of amides is 2. The number of methoxy groups -OCH3 is 1. The predicted molar refractivity (Wildman–Crippen MR) is 104 cm³/mol. The number of rotatable bonds is 9. The molecule has 0 radical (unpaired) electrons. The molecule has 28 heavy (non-hydrogen) atoms. The molecule has 0 bridgehead atoms. The van der Waals surface area contributed by atoms with Crippen molar-refractivity contribution in [2.75, 3.05) is 53.0 Å². The average molecular weight is 396 g/mol. The lowest BCUT2D eigenvalue weighted by atomic mass is 9.96. The lowest BCUT2D eigenvalue weighted by Gasteiger charge is -2.34. The number of aromatic nitrogens is 2. The third-order valence-electron chi connectivity index (χ3n) is 4.63. The Kier molecular flexibility index (Phi) is 8.37. The summed E-state index contributed by atoms with van der Waals surface area (Å²) in [6.07, 6.45) is 1.61. The summed E-state index contributed by atoms with van der Waals surface area (Å²) in [5.74, 6) is 1.26. The summed E-state index contributed by atoms with van der Waals surface area (Å²) in [7, 11) is 1.65. The van der Waals surface area contributed by atoms with Gasteiger partial charge in [0.2, 0.25) is 17.7 Å². The zero-order valence-electron chi connectivity index (χ0n) is 17.5. The molecule has 1 fully saturated rings. The van der Waals surface area contributed by atoms with Gasteiger partial charge in [-0.1, -0.05) is 25.9 Å². The van der Waals surface area contributed by atoms with Gasteiger partial charge in [0.05, 0.1) is 6.54 Å². The van der Waals surface area contributed by atoms with Gasteiger partial charge < -0.3 is 19.5 Å². The summed E-state index contributed by atoms with van der Waals surface area (Å²) in [6, 6.07) is 0. The van der Waals surface area contributed by atoms with E-state index in [0.717, 1.165) is 6.42 Å². The van der Waals surface area contributed by atoms with Crippen molar-refractivity contribution < 1.29 is 18.8 Å². The molecule has 0 aliphatic carbocycles. The van der Waals surface area contributed by atoms with E-state index in [1.54, 1.807) is 7.11 Å². The lowest BCUT2D eigenvalue weighted by molar-refractivity contribution is -0.133. The summed E-state index contributed by atoms with van der Waals surface area (Å²) in [4.78, 5) is 32.6. The van der Waals surface area contributed by atoms with Crippen LogP contribution in [0.3, 0.4) is 0 Å². The van der Waals surface area contributed by atoms with E-state index < -0.39 is 0 Å². The van der Waals surface area contributed by atoms with Gasteiger partial charge in [-0.3, -0.25) is 14.5 Å². The first-order valence-corrected chi connectivity index (χ1v) is 9.88. The van der Waals surface area contributed by atoms with Crippen LogP contribution in [0.15, 0.2) is 4.52 Å². The first kappa shape index (κ1) is 22.3. The number of carbonyl (C=O) groups is 2. The second-order valence-electron chi connectivity index (χ2n) is 8.11. The Morgan fingerprint density at radius 2 is 1.93 bits per heavy atom. The number of nitrogens with zero attached hydrogens (tertiary/aromatic N) is 4. The molecule has 0 spiro atoms. The van der Waals surface area contributed by atoms with Gasteiger partial charge in [-0.2, -0.15) is 4.98 Å². The third-order valence-corrected chi connectivity index (χ3v) is 4.63. The highest BCUT2D eigenvalue weighted by Crippen LogP contribution is 2.19. The minimum Gasteiger partial charge on any atom is -0.385 e. The van der Waals surface area contributed by atoms with Crippen LogP contribution < -0.4 is 5.32 Å². The molecule has 158 valence electrons. The highest BCUT2D eigenvalue weighted by atomic mass is 16.5. The van der Waals surface area contributed by atoms with E-state index in [1.807, 2.05) is 25.7 Å². The fourth-order valence-corrected chi connectivity index (χ4v) is 2.89. The molecule has 2 rings (SSSR count). The van der Waals surface area contributed by atoms with E-state index in [9.17, 15) is 9.59 Å². The van der Waals surface area contributed by atoms with Crippen molar-refractivity contribution in [2.45, 2.75) is 45.4 Å². The number of hydrogen-bond acceptors (Lipinski definition) is 7.